The van der Waals surface area contributed by atoms with Gasteiger partial charge in [0.2, 0.25) is 11.1 Å². The number of nitrogens with one attached hydrogen (secondary N) is 1. The standard InChI is InChI=1S/C17H13BrF3N5OS/c1-10(27)22-9-14-24-25-16(26(14)13-5-3-12(18)4-6-13)28-15-7-2-11(8-23-15)17(19,20)21/h2-8H,9H2,1H3,(H,22,27). The zero-order valence-electron chi connectivity index (χ0n) is 14.4. The molecule has 1 amide bonds. The molecule has 146 valence electrons. The number of pyridine rings is 1. The van der Waals surface area contributed by atoms with E-state index in [2.05, 4.69) is 36.4 Å². The van der Waals surface area contributed by atoms with Crippen molar-refractivity contribution < 1.29 is 18.0 Å². The van der Waals surface area contributed by atoms with E-state index >= 15 is 0 Å². The number of aromatic nitrogens is 4. The molecular formula is C17H13BrF3N5OS. The Hall–Kier alpha value is -2.40. The predicted molar refractivity (Wildman–Crippen MR) is 99.9 cm³/mol. The fourth-order valence-electron chi connectivity index (χ4n) is 2.24. The first-order valence-electron chi connectivity index (χ1n) is 7.90. The third-order valence-electron chi connectivity index (χ3n) is 3.54. The smallest absolute Gasteiger partial charge is 0.349 e. The van der Waals surface area contributed by atoms with Gasteiger partial charge in [-0.25, -0.2) is 4.98 Å². The number of rotatable bonds is 5. The fourth-order valence-corrected chi connectivity index (χ4v) is 3.31. The van der Waals surface area contributed by atoms with Crippen molar-refractivity contribution in [3.05, 3.63) is 58.5 Å². The van der Waals surface area contributed by atoms with Crippen LogP contribution in [0, 0.1) is 0 Å². The number of benzene rings is 1. The Labute approximate surface area is 170 Å². The number of carbonyl (C=O) groups is 1. The van der Waals surface area contributed by atoms with Crippen LogP contribution in [0.3, 0.4) is 0 Å². The van der Waals surface area contributed by atoms with Gasteiger partial charge in [0.15, 0.2) is 5.82 Å². The molecule has 28 heavy (non-hydrogen) atoms. The molecule has 0 bridgehead atoms. The van der Waals surface area contributed by atoms with Crippen molar-refractivity contribution >= 4 is 33.6 Å². The molecule has 0 saturated carbocycles. The maximum absolute atomic E-state index is 12.7. The average Bonchev–Trinajstić information content (AvgIpc) is 3.03. The number of carbonyl (C=O) groups excluding carboxylic acids is 1. The van der Waals surface area contributed by atoms with E-state index in [0.717, 1.165) is 34.2 Å². The zero-order valence-corrected chi connectivity index (χ0v) is 16.8. The van der Waals surface area contributed by atoms with Crippen molar-refractivity contribution in [3.63, 3.8) is 0 Å². The highest BCUT2D eigenvalue weighted by atomic mass is 79.9. The Morgan fingerprint density at radius 2 is 1.89 bits per heavy atom. The van der Waals surface area contributed by atoms with E-state index in [1.165, 1.54) is 13.0 Å². The third kappa shape index (κ3) is 4.90. The molecule has 11 heteroatoms. The summed E-state index contributed by atoms with van der Waals surface area (Å²) in [4.78, 5) is 15.1. The van der Waals surface area contributed by atoms with Gasteiger partial charge in [0.05, 0.1) is 12.1 Å². The van der Waals surface area contributed by atoms with Crippen LogP contribution in [0.4, 0.5) is 13.2 Å². The topological polar surface area (TPSA) is 72.7 Å². The maximum atomic E-state index is 12.7. The van der Waals surface area contributed by atoms with Crippen LogP contribution < -0.4 is 5.32 Å². The van der Waals surface area contributed by atoms with E-state index in [4.69, 9.17) is 0 Å². The number of hydrogen-bond acceptors (Lipinski definition) is 5. The Morgan fingerprint density at radius 3 is 2.46 bits per heavy atom. The summed E-state index contributed by atoms with van der Waals surface area (Å²) in [5.41, 5.74) is -0.0828. The van der Waals surface area contributed by atoms with Crippen molar-refractivity contribution in [2.24, 2.45) is 0 Å². The van der Waals surface area contributed by atoms with Crippen molar-refractivity contribution in [2.45, 2.75) is 29.8 Å². The number of hydrogen-bond donors (Lipinski definition) is 1. The van der Waals surface area contributed by atoms with Crippen LogP contribution in [-0.4, -0.2) is 25.7 Å². The number of alkyl halides is 3. The molecule has 0 atom stereocenters. The fraction of sp³-hybridized carbons (Fsp3) is 0.176. The van der Waals surface area contributed by atoms with E-state index in [1.54, 1.807) is 4.57 Å². The quantitative estimate of drug-likeness (QED) is 0.602. The molecule has 1 aromatic carbocycles. The Bertz CT molecular complexity index is 974. The normalized spacial score (nSPS) is 11.5. The average molecular weight is 472 g/mol. The van der Waals surface area contributed by atoms with Gasteiger partial charge in [-0.2, -0.15) is 13.2 Å². The summed E-state index contributed by atoms with van der Waals surface area (Å²) in [5, 5.41) is 11.6. The molecule has 0 unspecified atom stereocenters. The summed E-state index contributed by atoms with van der Waals surface area (Å²) in [5.74, 6) is 0.260. The molecule has 2 heterocycles. The highest BCUT2D eigenvalue weighted by molar-refractivity contribution is 9.10. The molecule has 2 aromatic heterocycles. The zero-order chi connectivity index (χ0) is 20.3. The van der Waals surface area contributed by atoms with Crippen molar-refractivity contribution in [1.29, 1.82) is 0 Å². The molecular weight excluding hydrogens is 459 g/mol. The lowest BCUT2D eigenvalue weighted by molar-refractivity contribution is -0.137. The van der Waals surface area contributed by atoms with Gasteiger partial charge in [0.25, 0.3) is 0 Å². The Morgan fingerprint density at radius 1 is 1.18 bits per heavy atom. The molecule has 0 fully saturated rings. The Kier molecular flexibility index (Phi) is 6.04. The third-order valence-corrected chi connectivity index (χ3v) is 4.97. The first-order valence-corrected chi connectivity index (χ1v) is 9.51. The SMILES string of the molecule is CC(=O)NCc1nnc(Sc2ccc(C(F)(F)F)cn2)n1-c1ccc(Br)cc1. The predicted octanol–water partition coefficient (Wildman–Crippen LogP) is 4.23. The first-order chi connectivity index (χ1) is 13.2. The minimum absolute atomic E-state index is 0.152. The minimum Gasteiger partial charge on any atom is -0.349 e. The molecule has 0 spiro atoms. The molecule has 3 rings (SSSR count). The second kappa shape index (κ2) is 8.31. The van der Waals surface area contributed by atoms with E-state index in [9.17, 15) is 18.0 Å². The van der Waals surface area contributed by atoms with Crippen molar-refractivity contribution in [3.8, 4) is 5.69 Å². The second-order valence-electron chi connectivity index (χ2n) is 5.61. The van der Waals surface area contributed by atoms with Gasteiger partial charge in [-0.05, 0) is 48.2 Å². The Balaban J connectivity index is 1.94. The summed E-state index contributed by atoms with van der Waals surface area (Å²) in [6.45, 7) is 1.54. The molecule has 1 N–H and O–H groups in total. The van der Waals surface area contributed by atoms with Crippen LogP contribution in [0.5, 0.6) is 0 Å². The van der Waals surface area contributed by atoms with E-state index in [-0.39, 0.29) is 12.5 Å². The lowest BCUT2D eigenvalue weighted by Gasteiger charge is -2.11. The van der Waals surface area contributed by atoms with E-state index in [1.807, 2.05) is 24.3 Å². The summed E-state index contributed by atoms with van der Waals surface area (Å²) < 4.78 is 40.7. The number of nitrogens with zero attached hydrogens (tertiary/aromatic N) is 4. The monoisotopic (exact) mass is 471 g/mol. The largest absolute Gasteiger partial charge is 0.417 e. The van der Waals surface area contributed by atoms with Gasteiger partial charge in [-0.3, -0.25) is 9.36 Å². The molecule has 0 aliphatic carbocycles. The first kappa shape index (κ1) is 20.3. The molecule has 0 saturated heterocycles. The van der Waals surface area contributed by atoms with Crippen LogP contribution >= 0.6 is 27.7 Å². The lowest BCUT2D eigenvalue weighted by Crippen LogP contribution is -2.21. The van der Waals surface area contributed by atoms with Gasteiger partial charge in [-0.1, -0.05) is 15.9 Å². The molecule has 3 aromatic rings. The van der Waals surface area contributed by atoms with Gasteiger partial charge in [0, 0.05) is 23.3 Å². The number of amides is 1. The summed E-state index contributed by atoms with van der Waals surface area (Å²) in [6.07, 6.45) is -3.67. The molecule has 6 nitrogen and oxygen atoms in total. The molecule has 0 aliphatic heterocycles. The van der Waals surface area contributed by atoms with Crippen LogP contribution in [-0.2, 0) is 17.5 Å². The lowest BCUT2D eigenvalue weighted by atomic mass is 10.3. The van der Waals surface area contributed by atoms with Gasteiger partial charge < -0.3 is 5.32 Å². The van der Waals surface area contributed by atoms with Crippen molar-refractivity contribution in [1.82, 2.24) is 25.1 Å². The van der Waals surface area contributed by atoms with Gasteiger partial charge >= 0.3 is 6.18 Å². The highest BCUT2D eigenvalue weighted by Crippen LogP contribution is 2.32. The summed E-state index contributed by atoms with van der Waals surface area (Å²) in [7, 11) is 0. The van der Waals surface area contributed by atoms with Crippen molar-refractivity contribution in [2.75, 3.05) is 0 Å². The highest BCUT2D eigenvalue weighted by Gasteiger charge is 2.30. The van der Waals surface area contributed by atoms with Gasteiger partial charge in [0.1, 0.15) is 5.03 Å². The van der Waals surface area contributed by atoms with Crippen LogP contribution in [0.1, 0.15) is 18.3 Å². The summed E-state index contributed by atoms with van der Waals surface area (Å²) >= 11 is 4.44. The molecule has 0 radical (unpaired) electrons. The maximum Gasteiger partial charge on any atom is 0.417 e. The number of halogens is 4. The minimum atomic E-state index is -4.45. The van der Waals surface area contributed by atoms with Crippen LogP contribution in [0.2, 0.25) is 0 Å². The van der Waals surface area contributed by atoms with Gasteiger partial charge in [-0.15, -0.1) is 10.2 Å². The van der Waals surface area contributed by atoms with Crippen LogP contribution in [0.15, 0.2) is 57.3 Å². The molecule has 0 aliphatic rings. The van der Waals surface area contributed by atoms with E-state index in [0.29, 0.717) is 16.0 Å². The van der Waals surface area contributed by atoms with Crippen LogP contribution in [0.25, 0.3) is 5.69 Å². The summed E-state index contributed by atoms with van der Waals surface area (Å²) in [6, 6.07) is 9.57. The second-order valence-corrected chi connectivity index (χ2v) is 7.51. The van der Waals surface area contributed by atoms with E-state index < -0.39 is 11.7 Å².